The number of hydrogen-bond donors (Lipinski definition) is 2. The molecule has 39 heavy (non-hydrogen) atoms. The zero-order chi connectivity index (χ0) is 27.7. The predicted molar refractivity (Wildman–Crippen MR) is 147 cm³/mol. The first-order chi connectivity index (χ1) is 18.7. The Morgan fingerprint density at radius 3 is 2.36 bits per heavy atom. The molecule has 11 heteroatoms. The average molecular weight is 523 g/mol. The normalized spacial score (nSPS) is 10.9. The number of carbonyl (C=O) groups excluding carboxylic acids is 2. The van der Waals surface area contributed by atoms with Gasteiger partial charge >= 0.3 is 0 Å². The molecular formula is C28H26N8O3. The van der Waals surface area contributed by atoms with Crippen LogP contribution in [0.1, 0.15) is 23.2 Å². The Morgan fingerprint density at radius 1 is 1.03 bits per heavy atom. The molecule has 0 radical (unpaired) electrons. The highest BCUT2D eigenvalue weighted by Gasteiger charge is 2.22. The summed E-state index contributed by atoms with van der Waals surface area (Å²) in [4.78, 5) is 39.2. The lowest BCUT2D eigenvalue weighted by Crippen LogP contribution is -2.26. The topological polar surface area (TPSA) is 145 Å². The van der Waals surface area contributed by atoms with E-state index < -0.39 is 0 Å². The van der Waals surface area contributed by atoms with Crippen LogP contribution in [0, 0.1) is 0 Å². The molecular weight excluding hydrogens is 496 g/mol. The van der Waals surface area contributed by atoms with Crippen molar-refractivity contribution in [3.63, 3.8) is 0 Å². The monoisotopic (exact) mass is 522 g/mol. The molecule has 0 atom stereocenters. The number of nitrogens with one attached hydrogen (secondary N) is 1. The number of hydrogen-bond acceptors (Lipinski definition) is 8. The average Bonchev–Trinajstić information content (AvgIpc) is 3.55. The largest absolute Gasteiger partial charge is 0.383 e. The minimum Gasteiger partial charge on any atom is -0.383 e. The van der Waals surface area contributed by atoms with Gasteiger partial charge in [-0.1, -0.05) is 36.0 Å². The summed E-state index contributed by atoms with van der Waals surface area (Å²) in [6, 6.07) is 14.8. The summed E-state index contributed by atoms with van der Waals surface area (Å²) in [6.07, 6.45) is 2.73. The second-order valence-corrected chi connectivity index (χ2v) is 9.13. The van der Waals surface area contributed by atoms with Crippen molar-refractivity contribution >= 4 is 34.4 Å². The van der Waals surface area contributed by atoms with E-state index in [9.17, 15) is 9.59 Å². The van der Waals surface area contributed by atoms with E-state index in [2.05, 4.69) is 32.0 Å². The summed E-state index contributed by atoms with van der Waals surface area (Å²) >= 11 is 0. The van der Waals surface area contributed by atoms with Gasteiger partial charge in [-0.05, 0) is 42.3 Å². The standard InChI is InChI=1S/C28H26N8O3/c1-16(2)27(37)34-20-11-9-18(10-12-20)24-22(23-25(29)31-14-32-26(23)36(24)4)17-5-7-19(8-6-17)28(38)35(3)13-21-30-15-33-39-21/h5-12,14-15H,1,13H2,2-4H3,(H,34,37)(H2,29,31,32). The number of benzene rings is 2. The van der Waals surface area contributed by atoms with Gasteiger partial charge in [0.15, 0.2) is 6.33 Å². The summed E-state index contributed by atoms with van der Waals surface area (Å²) in [6.45, 7) is 5.53. The summed E-state index contributed by atoms with van der Waals surface area (Å²) in [5, 5.41) is 7.11. The summed E-state index contributed by atoms with van der Waals surface area (Å²) in [5.74, 6) is 0.270. The van der Waals surface area contributed by atoms with E-state index >= 15 is 0 Å². The number of rotatable bonds is 7. The Morgan fingerprint density at radius 2 is 1.72 bits per heavy atom. The van der Waals surface area contributed by atoms with Crippen molar-refractivity contribution in [1.82, 2.24) is 29.6 Å². The van der Waals surface area contributed by atoms with E-state index in [0.29, 0.717) is 39.6 Å². The molecule has 11 nitrogen and oxygen atoms in total. The van der Waals surface area contributed by atoms with Gasteiger partial charge in [0.2, 0.25) is 5.89 Å². The van der Waals surface area contributed by atoms with E-state index in [1.54, 1.807) is 26.1 Å². The third kappa shape index (κ3) is 4.85. The van der Waals surface area contributed by atoms with Crippen LogP contribution >= 0.6 is 0 Å². The number of nitrogens with zero attached hydrogens (tertiary/aromatic N) is 6. The second kappa shape index (κ2) is 10.2. The first-order valence-corrected chi connectivity index (χ1v) is 12.0. The van der Waals surface area contributed by atoms with Crippen molar-refractivity contribution in [2.45, 2.75) is 13.5 Å². The first-order valence-electron chi connectivity index (χ1n) is 12.0. The Hall–Kier alpha value is -5.32. The third-order valence-corrected chi connectivity index (χ3v) is 6.35. The van der Waals surface area contributed by atoms with Crippen LogP contribution < -0.4 is 11.1 Å². The van der Waals surface area contributed by atoms with Crippen molar-refractivity contribution in [2.24, 2.45) is 7.05 Å². The molecule has 196 valence electrons. The lowest BCUT2D eigenvalue weighted by Gasteiger charge is -2.15. The summed E-state index contributed by atoms with van der Waals surface area (Å²) < 4.78 is 6.97. The third-order valence-electron chi connectivity index (χ3n) is 6.35. The van der Waals surface area contributed by atoms with Crippen LogP contribution in [0.4, 0.5) is 11.5 Å². The molecule has 0 fully saturated rings. The maximum atomic E-state index is 13.0. The Bertz CT molecular complexity index is 1690. The number of anilines is 2. The zero-order valence-electron chi connectivity index (χ0n) is 21.7. The quantitative estimate of drug-likeness (QED) is 0.305. The second-order valence-electron chi connectivity index (χ2n) is 9.13. The highest BCUT2D eigenvalue weighted by molar-refractivity contribution is 6.08. The minimum absolute atomic E-state index is 0.187. The van der Waals surface area contributed by atoms with E-state index in [4.69, 9.17) is 10.3 Å². The Kier molecular flexibility index (Phi) is 6.63. The van der Waals surface area contributed by atoms with Gasteiger partial charge in [-0.2, -0.15) is 4.98 Å². The Labute approximate surface area is 224 Å². The van der Waals surface area contributed by atoms with Crippen molar-refractivity contribution in [3.05, 3.63) is 84.8 Å². The van der Waals surface area contributed by atoms with Gasteiger partial charge in [0.05, 0.1) is 17.6 Å². The molecule has 0 bridgehead atoms. The van der Waals surface area contributed by atoms with Crippen LogP contribution in [0.3, 0.4) is 0 Å². The zero-order valence-corrected chi connectivity index (χ0v) is 21.7. The summed E-state index contributed by atoms with van der Waals surface area (Å²) in [7, 11) is 3.58. The number of fused-ring (bicyclic) bond motifs is 1. The van der Waals surface area contributed by atoms with Crippen LogP contribution in [-0.2, 0) is 18.4 Å². The van der Waals surface area contributed by atoms with E-state index in [-0.39, 0.29) is 18.4 Å². The number of nitrogen functional groups attached to an aromatic ring is 1. The molecule has 0 saturated heterocycles. The van der Waals surface area contributed by atoms with Crippen LogP contribution in [0.5, 0.6) is 0 Å². The first kappa shape index (κ1) is 25.3. The number of amides is 2. The van der Waals surface area contributed by atoms with Gasteiger partial charge in [0.1, 0.15) is 17.8 Å². The van der Waals surface area contributed by atoms with Gasteiger partial charge in [-0.3, -0.25) is 9.59 Å². The van der Waals surface area contributed by atoms with Crippen molar-refractivity contribution < 1.29 is 14.1 Å². The van der Waals surface area contributed by atoms with E-state index in [1.165, 1.54) is 17.6 Å². The van der Waals surface area contributed by atoms with Gasteiger partial charge in [-0.25, -0.2) is 9.97 Å². The van der Waals surface area contributed by atoms with Crippen molar-refractivity contribution in [3.8, 4) is 22.4 Å². The molecule has 2 aromatic carbocycles. The lowest BCUT2D eigenvalue weighted by molar-refractivity contribution is -0.112. The molecule has 0 aliphatic carbocycles. The lowest BCUT2D eigenvalue weighted by atomic mass is 9.97. The SMILES string of the molecule is C=C(C)C(=O)Nc1ccc(-c2c(-c3ccc(C(=O)N(C)Cc4ncno4)cc3)c3c(N)ncnc3n2C)cc1. The van der Waals surface area contributed by atoms with Crippen molar-refractivity contribution in [2.75, 3.05) is 18.1 Å². The number of aromatic nitrogens is 5. The van der Waals surface area contributed by atoms with Crippen LogP contribution in [0.15, 0.2) is 77.9 Å². The molecule has 5 aromatic rings. The fraction of sp³-hybridized carbons (Fsp3) is 0.143. The number of aryl methyl sites for hydroxylation is 1. The number of nitrogens with two attached hydrogens (primary N) is 1. The maximum absolute atomic E-state index is 13.0. The van der Waals surface area contributed by atoms with Crippen LogP contribution in [0.2, 0.25) is 0 Å². The van der Waals surface area contributed by atoms with Gasteiger partial charge < -0.3 is 25.0 Å². The highest BCUT2D eigenvalue weighted by Crippen LogP contribution is 2.41. The highest BCUT2D eigenvalue weighted by atomic mass is 16.5. The van der Waals surface area contributed by atoms with Crippen LogP contribution in [0.25, 0.3) is 33.4 Å². The van der Waals surface area contributed by atoms with Gasteiger partial charge in [0, 0.05) is 36.5 Å². The molecule has 0 aliphatic rings. The molecule has 2 amide bonds. The molecule has 3 aromatic heterocycles. The molecule has 3 N–H and O–H groups in total. The molecule has 3 heterocycles. The Balaban J connectivity index is 1.54. The van der Waals surface area contributed by atoms with Crippen molar-refractivity contribution in [1.29, 1.82) is 0 Å². The minimum atomic E-state index is -0.242. The molecule has 0 aliphatic heterocycles. The van der Waals surface area contributed by atoms with E-state index in [1.807, 2.05) is 48.0 Å². The van der Waals surface area contributed by atoms with Crippen LogP contribution in [-0.4, -0.2) is 48.4 Å². The molecule has 5 rings (SSSR count). The smallest absolute Gasteiger partial charge is 0.254 e. The molecule has 0 unspecified atom stereocenters. The fourth-order valence-electron chi connectivity index (χ4n) is 4.38. The van der Waals surface area contributed by atoms with Gasteiger partial charge in [0.25, 0.3) is 11.8 Å². The van der Waals surface area contributed by atoms with E-state index in [0.717, 1.165) is 22.4 Å². The van der Waals surface area contributed by atoms with Gasteiger partial charge in [-0.15, -0.1) is 0 Å². The maximum Gasteiger partial charge on any atom is 0.254 e. The predicted octanol–water partition coefficient (Wildman–Crippen LogP) is 4.05. The number of carbonyl (C=O) groups is 2. The summed E-state index contributed by atoms with van der Waals surface area (Å²) in [5.41, 5.74) is 12.0. The molecule has 0 spiro atoms. The fourth-order valence-corrected chi connectivity index (χ4v) is 4.38. The molecule has 0 saturated carbocycles.